The number of hydrogen-bond acceptors (Lipinski definition) is 5. The summed E-state index contributed by atoms with van der Waals surface area (Å²) in [5.41, 5.74) is 3.96. The first-order chi connectivity index (χ1) is 16.7. The third-order valence-corrected chi connectivity index (χ3v) is 6.24. The van der Waals surface area contributed by atoms with E-state index < -0.39 is 0 Å². The zero-order valence-electron chi connectivity index (χ0n) is 20.7. The third-order valence-electron chi connectivity index (χ3n) is 6.24. The molecule has 8 nitrogen and oxygen atoms in total. The lowest BCUT2D eigenvalue weighted by atomic mass is 10.0. The van der Waals surface area contributed by atoms with Crippen LogP contribution in [0.4, 0.5) is 0 Å². The Labute approximate surface area is 201 Å². The van der Waals surface area contributed by atoms with Crippen molar-refractivity contribution in [1.82, 2.24) is 14.8 Å². The molecule has 0 spiro atoms. The molecule has 35 heavy (non-hydrogen) atoms. The van der Waals surface area contributed by atoms with E-state index in [1.165, 1.54) is 0 Å². The van der Waals surface area contributed by atoms with Crippen molar-refractivity contribution in [3.8, 4) is 22.6 Å². The topological polar surface area (TPSA) is 102 Å². The van der Waals surface area contributed by atoms with Gasteiger partial charge < -0.3 is 18.9 Å². The van der Waals surface area contributed by atoms with Crippen molar-refractivity contribution in [2.24, 2.45) is 5.92 Å². The van der Waals surface area contributed by atoms with Crippen LogP contribution in [-0.2, 0) is 0 Å². The number of H-pyrrole nitrogens is 2. The second kappa shape index (κ2) is 8.37. The SMILES string of the molecule is COc1cc(-c2c3oc4c(C)c(=O)ccc4c3[nH]c3c2c(=O)[nH]n3C(C)C)ccc1OCC(C)C. The monoisotopic (exact) mass is 475 g/mol. The quantitative estimate of drug-likeness (QED) is 0.337. The van der Waals surface area contributed by atoms with Gasteiger partial charge in [-0.25, -0.2) is 0 Å². The van der Waals surface area contributed by atoms with Crippen LogP contribution < -0.4 is 20.5 Å². The predicted octanol–water partition coefficient (Wildman–Crippen LogP) is 5.52. The molecule has 0 unspecified atom stereocenters. The molecule has 0 aliphatic rings. The molecular formula is C27H29N3O5. The Hall–Kier alpha value is -3.94. The first-order valence-electron chi connectivity index (χ1n) is 11.7. The van der Waals surface area contributed by atoms with Gasteiger partial charge >= 0.3 is 0 Å². The van der Waals surface area contributed by atoms with Gasteiger partial charge in [0.1, 0.15) is 11.2 Å². The maximum Gasteiger partial charge on any atom is 0.274 e. The molecule has 0 bridgehead atoms. The number of nitrogens with one attached hydrogen (secondary N) is 2. The van der Waals surface area contributed by atoms with Gasteiger partial charge in [0.05, 0.1) is 24.6 Å². The number of hydrogen-bond donors (Lipinski definition) is 2. The number of aryl methyl sites for hydroxylation is 1. The number of pyridine rings is 1. The maximum absolute atomic E-state index is 13.2. The van der Waals surface area contributed by atoms with Crippen LogP contribution in [0.3, 0.4) is 0 Å². The van der Waals surface area contributed by atoms with E-state index in [4.69, 9.17) is 13.9 Å². The van der Waals surface area contributed by atoms with E-state index in [1.54, 1.807) is 26.2 Å². The predicted molar refractivity (Wildman–Crippen MR) is 138 cm³/mol. The van der Waals surface area contributed by atoms with Gasteiger partial charge in [0, 0.05) is 22.6 Å². The molecular weight excluding hydrogens is 446 g/mol. The lowest BCUT2D eigenvalue weighted by Crippen LogP contribution is -2.08. The fourth-order valence-electron chi connectivity index (χ4n) is 4.47. The van der Waals surface area contributed by atoms with Crippen LogP contribution in [0.25, 0.3) is 44.2 Å². The molecule has 3 aromatic heterocycles. The highest BCUT2D eigenvalue weighted by atomic mass is 16.5. The lowest BCUT2D eigenvalue weighted by molar-refractivity contribution is 0.257. The average molecular weight is 476 g/mol. The standard InChI is InChI=1S/C27H29N3O5/c1-13(2)12-34-19-10-7-16(11-20(19)33-6)21-22-26(30(14(3)4)29-27(22)32)28-23-17-8-9-18(31)15(5)24(17)35-25(21)23/h7-11,13-14,28H,12H2,1-6H3,(H,29,32). The summed E-state index contributed by atoms with van der Waals surface area (Å²) in [7, 11) is 1.59. The normalized spacial score (nSPS) is 12.0. The lowest BCUT2D eigenvalue weighted by Gasteiger charge is -2.14. The van der Waals surface area contributed by atoms with Gasteiger partial charge in [0.25, 0.3) is 5.56 Å². The minimum Gasteiger partial charge on any atom is -0.493 e. The summed E-state index contributed by atoms with van der Waals surface area (Å²) in [6, 6.07) is 8.92. The average Bonchev–Trinajstić information content (AvgIpc) is 3.37. The highest BCUT2D eigenvalue weighted by Gasteiger charge is 2.24. The fraction of sp³-hybridized carbons (Fsp3) is 0.333. The van der Waals surface area contributed by atoms with Crippen molar-refractivity contribution in [1.29, 1.82) is 0 Å². The molecule has 0 saturated heterocycles. The molecule has 0 aliphatic carbocycles. The minimum absolute atomic E-state index is 0.0104. The Morgan fingerprint density at radius 1 is 1.03 bits per heavy atom. The van der Waals surface area contributed by atoms with Crippen LogP contribution in [0, 0.1) is 12.8 Å². The number of furan rings is 1. The molecule has 0 atom stereocenters. The van der Waals surface area contributed by atoms with Gasteiger partial charge in [0.2, 0.25) is 0 Å². The van der Waals surface area contributed by atoms with E-state index in [2.05, 4.69) is 23.9 Å². The van der Waals surface area contributed by atoms with E-state index in [0.29, 0.717) is 57.4 Å². The second-order valence-electron chi connectivity index (χ2n) is 9.57. The summed E-state index contributed by atoms with van der Waals surface area (Å²) in [6.07, 6.45) is 0. The van der Waals surface area contributed by atoms with Crippen LogP contribution in [0.2, 0.25) is 0 Å². The number of rotatable bonds is 6. The van der Waals surface area contributed by atoms with Gasteiger partial charge in [-0.3, -0.25) is 19.4 Å². The molecule has 0 fully saturated rings. The van der Waals surface area contributed by atoms with E-state index >= 15 is 0 Å². The fourth-order valence-corrected chi connectivity index (χ4v) is 4.47. The first-order valence-corrected chi connectivity index (χ1v) is 11.7. The molecule has 2 aromatic carbocycles. The van der Waals surface area contributed by atoms with E-state index in [9.17, 15) is 9.59 Å². The Balaban J connectivity index is 1.89. The van der Waals surface area contributed by atoms with Gasteiger partial charge in [-0.2, -0.15) is 0 Å². The number of nitrogens with zero attached hydrogens (tertiary/aromatic N) is 1. The van der Waals surface area contributed by atoms with Crippen LogP contribution >= 0.6 is 0 Å². The summed E-state index contributed by atoms with van der Waals surface area (Å²) in [5, 5.41) is 4.21. The highest BCUT2D eigenvalue weighted by molar-refractivity contribution is 6.14. The van der Waals surface area contributed by atoms with Crippen LogP contribution in [0.1, 0.15) is 39.3 Å². The zero-order valence-corrected chi connectivity index (χ0v) is 20.7. The number of aromatic amines is 2. The zero-order chi connectivity index (χ0) is 25.0. The van der Waals surface area contributed by atoms with Crippen molar-refractivity contribution < 1.29 is 13.9 Å². The Morgan fingerprint density at radius 3 is 2.49 bits per heavy atom. The van der Waals surface area contributed by atoms with E-state index in [0.717, 1.165) is 16.5 Å². The Kier molecular flexibility index (Phi) is 5.46. The summed E-state index contributed by atoms with van der Waals surface area (Å²) in [5.74, 6) is 1.55. The van der Waals surface area contributed by atoms with Crippen molar-refractivity contribution in [2.45, 2.75) is 40.7 Å². The molecule has 182 valence electrons. The number of aromatic nitrogens is 3. The molecule has 5 aromatic rings. The van der Waals surface area contributed by atoms with Crippen LogP contribution in [-0.4, -0.2) is 28.5 Å². The summed E-state index contributed by atoms with van der Waals surface area (Å²) in [4.78, 5) is 29.0. The first kappa shape index (κ1) is 22.8. The smallest absolute Gasteiger partial charge is 0.274 e. The Bertz CT molecular complexity index is 1700. The molecule has 5 rings (SSSR count). The minimum atomic E-state index is -0.234. The van der Waals surface area contributed by atoms with Gasteiger partial charge in [-0.05, 0) is 56.5 Å². The molecule has 8 heteroatoms. The van der Waals surface area contributed by atoms with Crippen LogP contribution in [0.5, 0.6) is 11.5 Å². The van der Waals surface area contributed by atoms with Crippen molar-refractivity contribution >= 4 is 33.1 Å². The second-order valence-corrected chi connectivity index (χ2v) is 9.57. The van der Waals surface area contributed by atoms with E-state index in [-0.39, 0.29) is 17.0 Å². The number of ether oxygens (including phenoxy) is 2. The number of benzene rings is 2. The highest BCUT2D eigenvalue weighted by Crippen LogP contribution is 2.41. The van der Waals surface area contributed by atoms with Crippen molar-refractivity contribution in [3.05, 3.63) is 56.5 Å². The largest absolute Gasteiger partial charge is 0.493 e. The maximum atomic E-state index is 13.2. The van der Waals surface area contributed by atoms with Crippen LogP contribution in [0.15, 0.2) is 44.3 Å². The van der Waals surface area contributed by atoms with Gasteiger partial charge in [0.15, 0.2) is 22.5 Å². The van der Waals surface area contributed by atoms with Crippen molar-refractivity contribution in [3.63, 3.8) is 0 Å². The summed E-state index contributed by atoms with van der Waals surface area (Å²) >= 11 is 0. The summed E-state index contributed by atoms with van der Waals surface area (Å²) in [6.45, 7) is 10.5. The molecule has 0 amide bonds. The van der Waals surface area contributed by atoms with Crippen molar-refractivity contribution in [2.75, 3.05) is 13.7 Å². The number of fused-ring (bicyclic) bond motifs is 4. The molecule has 2 N–H and O–H groups in total. The Morgan fingerprint density at radius 2 is 1.80 bits per heavy atom. The molecule has 0 radical (unpaired) electrons. The number of methoxy groups -OCH3 is 1. The van der Waals surface area contributed by atoms with Gasteiger partial charge in [-0.15, -0.1) is 0 Å². The van der Waals surface area contributed by atoms with Gasteiger partial charge in [-0.1, -0.05) is 19.9 Å². The molecule has 0 saturated carbocycles. The van der Waals surface area contributed by atoms with E-state index in [1.807, 2.05) is 36.7 Å². The molecule has 0 aliphatic heterocycles. The summed E-state index contributed by atoms with van der Waals surface area (Å²) < 4.78 is 19.7. The molecule has 3 heterocycles. The third kappa shape index (κ3) is 3.60.